The number of aromatic nitrogens is 1. The molecule has 1 heterocycles. The summed E-state index contributed by atoms with van der Waals surface area (Å²) < 4.78 is 5.87. The Hall–Kier alpha value is -1.95. The third kappa shape index (κ3) is 5.03. The summed E-state index contributed by atoms with van der Waals surface area (Å²) in [4.78, 5) is 28.3. The van der Waals surface area contributed by atoms with Gasteiger partial charge in [0, 0.05) is 12.8 Å². The highest BCUT2D eigenvalue weighted by molar-refractivity contribution is 7.18. The molecule has 0 aliphatic rings. The fraction of sp³-hybridized carbons (Fsp3) is 0.471. The van der Waals surface area contributed by atoms with Gasteiger partial charge in [0.1, 0.15) is 6.04 Å². The predicted molar refractivity (Wildman–Crippen MR) is 91.3 cm³/mol. The maximum Gasteiger partial charge on any atom is 0.328 e. The lowest BCUT2D eigenvalue weighted by molar-refractivity contribution is -0.145. The first kappa shape index (κ1) is 17.4. The Bertz CT molecular complexity index is 648. The minimum atomic E-state index is -0.581. The topological polar surface area (TPSA) is 68.3 Å². The van der Waals surface area contributed by atoms with Crippen molar-refractivity contribution in [3.8, 4) is 0 Å². The highest BCUT2D eigenvalue weighted by Crippen LogP contribution is 2.22. The normalized spacial score (nSPS) is 12.3. The molecule has 1 amide bonds. The molecule has 1 aromatic heterocycles. The number of fused-ring (bicyclic) bond motifs is 1. The molecule has 0 fully saturated rings. The molecule has 5 nitrogen and oxygen atoms in total. The summed E-state index contributed by atoms with van der Waals surface area (Å²) in [7, 11) is 1.34. The highest BCUT2D eigenvalue weighted by atomic mass is 32.1. The lowest BCUT2D eigenvalue weighted by Gasteiger charge is -2.18. The number of esters is 1. The number of amides is 1. The van der Waals surface area contributed by atoms with Crippen molar-refractivity contribution in [2.45, 2.75) is 39.2 Å². The van der Waals surface area contributed by atoms with E-state index in [1.807, 2.05) is 38.1 Å². The van der Waals surface area contributed by atoms with Crippen molar-refractivity contribution >= 4 is 33.4 Å². The average Bonchev–Trinajstić information content (AvgIpc) is 2.94. The van der Waals surface area contributed by atoms with Crippen molar-refractivity contribution in [3.05, 3.63) is 29.3 Å². The Balaban J connectivity index is 1.91. The van der Waals surface area contributed by atoms with Crippen molar-refractivity contribution < 1.29 is 14.3 Å². The van der Waals surface area contributed by atoms with E-state index >= 15 is 0 Å². The van der Waals surface area contributed by atoms with Gasteiger partial charge in [0.2, 0.25) is 5.91 Å². The smallest absolute Gasteiger partial charge is 0.328 e. The highest BCUT2D eigenvalue weighted by Gasteiger charge is 2.22. The van der Waals surface area contributed by atoms with Crippen LogP contribution < -0.4 is 5.32 Å². The summed E-state index contributed by atoms with van der Waals surface area (Å²) in [5, 5.41) is 3.70. The molecule has 1 N–H and O–H groups in total. The zero-order valence-corrected chi connectivity index (χ0v) is 14.5. The number of ether oxygens (including phenoxy) is 1. The van der Waals surface area contributed by atoms with Gasteiger partial charge in [-0.15, -0.1) is 11.3 Å². The lowest BCUT2D eigenvalue weighted by atomic mass is 10.0. The Kier molecular flexibility index (Phi) is 6.10. The van der Waals surface area contributed by atoms with Gasteiger partial charge >= 0.3 is 5.97 Å². The monoisotopic (exact) mass is 334 g/mol. The Morgan fingerprint density at radius 3 is 2.70 bits per heavy atom. The van der Waals surface area contributed by atoms with Gasteiger partial charge in [0.05, 0.1) is 22.3 Å². The zero-order chi connectivity index (χ0) is 16.8. The Labute approximate surface area is 140 Å². The molecular formula is C17H22N2O3S. The van der Waals surface area contributed by atoms with Gasteiger partial charge in [-0.2, -0.15) is 0 Å². The molecule has 0 radical (unpaired) electrons. The predicted octanol–water partition coefficient (Wildman–Crippen LogP) is 2.93. The number of thiazole rings is 1. The molecule has 124 valence electrons. The van der Waals surface area contributed by atoms with Gasteiger partial charge in [-0.3, -0.25) is 4.79 Å². The van der Waals surface area contributed by atoms with E-state index in [-0.39, 0.29) is 5.91 Å². The van der Waals surface area contributed by atoms with Crippen molar-refractivity contribution in [3.63, 3.8) is 0 Å². The van der Waals surface area contributed by atoms with Crippen LogP contribution in [-0.2, 0) is 20.7 Å². The van der Waals surface area contributed by atoms with Gasteiger partial charge in [0.15, 0.2) is 0 Å². The van der Waals surface area contributed by atoms with Crippen LogP contribution in [0.5, 0.6) is 0 Å². The van der Waals surface area contributed by atoms with E-state index in [0.29, 0.717) is 25.2 Å². The third-order valence-electron chi connectivity index (χ3n) is 3.43. The van der Waals surface area contributed by atoms with Gasteiger partial charge in [-0.25, -0.2) is 9.78 Å². The molecule has 2 rings (SSSR count). The van der Waals surface area contributed by atoms with E-state index in [0.717, 1.165) is 15.2 Å². The zero-order valence-electron chi connectivity index (χ0n) is 13.7. The molecule has 1 unspecified atom stereocenters. The van der Waals surface area contributed by atoms with E-state index in [2.05, 4.69) is 10.3 Å². The molecule has 2 aromatic rings. The second kappa shape index (κ2) is 8.06. The standard InChI is InChI=1S/C17H22N2O3S/c1-11(2)10-13(17(21)22-3)18-15(20)8-9-16-19-12-6-4-5-7-14(12)23-16/h4-7,11,13H,8-10H2,1-3H3,(H,18,20). The first-order valence-corrected chi connectivity index (χ1v) is 8.53. The van der Waals surface area contributed by atoms with Crippen LogP contribution in [0.25, 0.3) is 10.2 Å². The number of benzene rings is 1. The largest absolute Gasteiger partial charge is 0.467 e. The number of carbonyl (C=O) groups is 2. The number of methoxy groups -OCH3 is 1. The second-order valence-electron chi connectivity index (χ2n) is 5.85. The number of carbonyl (C=O) groups excluding carboxylic acids is 2. The molecule has 6 heteroatoms. The summed E-state index contributed by atoms with van der Waals surface area (Å²) in [6.45, 7) is 4.01. The SMILES string of the molecule is COC(=O)C(CC(C)C)NC(=O)CCc1nc2ccccc2s1. The molecule has 0 bridgehead atoms. The second-order valence-corrected chi connectivity index (χ2v) is 6.96. The molecule has 0 aliphatic carbocycles. The summed E-state index contributed by atoms with van der Waals surface area (Å²) in [6.07, 6.45) is 1.45. The average molecular weight is 334 g/mol. The fourth-order valence-electron chi connectivity index (χ4n) is 2.34. The number of hydrogen-bond acceptors (Lipinski definition) is 5. The van der Waals surface area contributed by atoms with E-state index in [4.69, 9.17) is 4.74 Å². The third-order valence-corrected chi connectivity index (χ3v) is 4.53. The van der Waals surface area contributed by atoms with Crippen molar-refractivity contribution in [1.29, 1.82) is 0 Å². The first-order chi connectivity index (χ1) is 11.0. The van der Waals surface area contributed by atoms with Crippen LogP contribution in [0, 0.1) is 5.92 Å². The lowest BCUT2D eigenvalue weighted by Crippen LogP contribution is -2.42. The first-order valence-electron chi connectivity index (χ1n) is 7.71. The fourth-order valence-corrected chi connectivity index (χ4v) is 3.31. The number of aryl methyl sites for hydroxylation is 1. The number of rotatable bonds is 7. The molecule has 0 spiro atoms. The van der Waals surface area contributed by atoms with Crippen LogP contribution in [-0.4, -0.2) is 30.0 Å². The molecule has 0 saturated carbocycles. The van der Waals surface area contributed by atoms with Crippen LogP contribution in [0.15, 0.2) is 24.3 Å². The van der Waals surface area contributed by atoms with Crippen LogP contribution in [0.2, 0.25) is 0 Å². The Morgan fingerprint density at radius 2 is 2.04 bits per heavy atom. The molecular weight excluding hydrogens is 312 g/mol. The number of nitrogens with zero attached hydrogens (tertiary/aromatic N) is 1. The summed E-state index contributed by atoms with van der Waals surface area (Å²) >= 11 is 1.60. The van der Waals surface area contributed by atoms with E-state index in [9.17, 15) is 9.59 Å². The van der Waals surface area contributed by atoms with E-state index < -0.39 is 12.0 Å². The Morgan fingerprint density at radius 1 is 1.30 bits per heavy atom. The maximum absolute atomic E-state index is 12.1. The maximum atomic E-state index is 12.1. The minimum Gasteiger partial charge on any atom is -0.467 e. The number of nitrogens with one attached hydrogen (secondary N) is 1. The molecule has 23 heavy (non-hydrogen) atoms. The van der Waals surface area contributed by atoms with Crippen LogP contribution in [0.4, 0.5) is 0 Å². The van der Waals surface area contributed by atoms with Crippen LogP contribution >= 0.6 is 11.3 Å². The van der Waals surface area contributed by atoms with E-state index in [1.54, 1.807) is 11.3 Å². The summed E-state index contributed by atoms with van der Waals surface area (Å²) in [5.74, 6) is -0.254. The minimum absolute atomic E-state index is 0.152. The van der Waals surface area contributed by atoms with Gasteiger partial charge in [-0.1, -0.05) is 26.0 Å². The number of para-hydroxylation sites is 1. The molecule has 1 aromatic carbocycles. The molecule has 0 aliphatic heterocycles. The quantitative estimate of drug-likeness (QED) is 0.791. The molecule has 0 saturated heterocycles. The van der Waals surface area contributed by atoms with Gasteiger partial charge < -0.3 is 10.1 Å². The van der Waals surface area contributed by atoms with Crippen molar-refractivity contribution in [2.24, 2.45) is 5.92 Å². The van der Waals surface area contributed by atoms with E-state index in [1.165, 1.54) is 7.11 Å². The van der Waals surface area contributed by atoms with Gasteiger partial charge in [-0.05, 0) is 24.5 Å². The van der Waals surface area contributed by atoms with Crippen molar-refractivity contribution in [2.75, 3.05) is 7.11 Å². The number of hydrogen-bond donors (Lipinski definition) is 1. The van der Waals surface area contributed by atoms with Crippen LogP contribution in [0.3, 0.4) is 0 Å². The van der Waals surface area contributed by atoms with Gasteiger partial charge in [0.25, 0.3) is 0 Å². The molecule has 1 atom stereocenters. The van der Waals surface area contributed by atoms with Crippen LogP contribution in [0.1, 0.15) is 31.7 Å². The van der Waals surface area contributed by atoms with Crippen molar-refractivity contribution in [1.82, 2.24) is 10.3 Å². The summed E-state index contributed by atoms with van der Waals surface area (Å²) in [5.41, 5.74) is 0.958. The summed E-state index contributed by atoms with van der Waals surface area (Å²) in [6, 6.07) is 7.33.